The zero-order valence-corrected chi connectivity index (χ0v) is 14.4. The van der Waals surface area contributed by atoms with Gasteiger partial charge in [0.05, 0.1) is 12.3 Å². The van der Waals surface area contributed by atoms with Crippen molar-refractivity contribution in [2.45, 2.75) is 38.1 Å². The predicted octanol–water partition coefficient (Wildman–Crippen LogP) is 2.90. The van der Waals surface area contributed by atoms with E-state index in [-0.39, 0.29) is 17.7 Å². The molecule has 2 amide bonds. The van der Waals surface area contributed by atoms with E-state index in [1.54, 1.807) is 0 Å². The van der Waals surface area contributed by atoms with Crippen LogP contribution in [0.3, 0.4) is 0 Å². The van der Waals surface area contributed by atoms with Crippen molar-refractivity contribution < 1.29 is 9.59 Å². The summed E-state index contributed by atoms with van der Waals surface area (Å²) in [6.07, 6.45) is 4.39. The number of amides is 2. The molecule has 130 valence electrons. The molecule has 1 aliphatic carbocycles. The molecule has 1 N–H and O–H groups in total. The maximum atomic E-state index is 12.8. The molecule has 2 fully saturated rings. The van der Waals surface area contributed by atoms with Gasteiger partial charge >= 0.3 is 0 Å². The fourth-order valence-electron chi connectivity index (χ4n) is 3.69. The molecule has 0 unspecified atom stereocenters. The fourth-order valence-corrected chi connectivity index (χ4v) is 3.69. The van der Waals surface area contributed by atoms with Crippen LogP contribution in [0.5, 0.6) is 0 Å². The van der Waals surface area contributed by atoms with Gasteiger partial charge < -0.3 is 10.2 Å². The van der Waals surface area contributed by atoms with E-state index in [1.165, 1.54) is 0 Å². The smallest absolute Gasteiger partial charge is 0.227 e. The van der Waals surface area contributed by atoms with Gasteiger partial charge in [-0.2, -0.15) is 0 Å². The van der Waals surface area contributed by atoms with Crippen molar-refractivity contribution in [3.05, 3.63) is 48.0 Å². The molecule has 2 aliphatic rings. The monoisotopic (exact) mass is 336 g/mol. The van der Waals surface area contributed by atoms with E-state index in [4.69, 9.17) is 0 Å². The molecule has 2 aromatic carbocycles. The second kappa shape index (κ2) is 6.87. The molecule has 1 atom stereocenters. The highest BCUT2D eigenvalue weighted by molar-refractivity contribution is 5.90. The van der Waals surface area contributed by atoms with E-state index in [0.29, 0.717) is 19.0 Å². The largest absolute Gasteiger partial charge is 0.353 e. The van der Waals surface area contributed by atoms with Crippen LogP contribution in [-0.4, -0.2) is 35.8 Å². The summed E-state index contributed by atoms with van der Waals surface area (Å²) < 4.78 is 0. The Labute approximate surface area is 148 Å². The van der Waals surface area contributed by atoms with Crippen molar-refractivity contribution in [3.63, 3.8) is 0 Å². The fraction of sp³-hybridized carbons (Fsp3) is 0.429. The molecule has 1 aliphatic heterocycles. The van der Waals surface area contributed by atoms with Crippen molar-refractivity contribution >= 4 is 22.6 Å². The highest BCUT2D eigenvalue weighted by atomic mass is 16.2. The minimum Gasteiger partial charge on any atom is -0.353 e. The minimum absolute atomic E-state index is 0.0502. The number of likely N-dealkylation sites (tertiary alicyclic amines) is 1. The summed E-state index contributed by atoms with van der Waals surface area (Å²) in [4.78, 5) is 27.0. The molecule has 0 radical (unpaired) electrons. The highest BCUT2D eigenvalue weighted by Crippen LogP contribution is 2.24. The molecule has 4 nitrogen and oxygen atoms in total. The molecular formula is C21H24N2O2. The molecule has 1 saturated carbocycles. The van der Waals surface area contributed by atoms with E-state index in [9.17, 15) is 9.59 Å². The van der Waals surface area contributed by atoms with Crippen molar-refractivity contribution in [3.8, 4) is 0 Å². The lowest BCUT2D eigenvalue weighted by Gasteiger charge is -2.32. The van der Waals surface area contributed by atoms with Gasteiger partial charge in [-0.15, -0.1) is 0 Å². The SMILES string of the molecule is O=C(NC1CC1)[C@@H]1CCCN(C(=O)Cc2cccc3ccccc23)C1. The number of fused-ring (bicyclic) bond motifs is 1. The predicted molar refractivity (Wildman–Crippen MR) is 98.1 cm³/mol. The van der Waals surface area contributed by atoms with Crippen molar-refractivity contribution in [1.82, 2.24) is 10.2 Å². The van der Waals surface area contributed by atoms with Crippen LogP contribution in [0.15, 0.2) is 42.5 Å². The van der Waals surface area contributed by atoms with Gasteiger partial charge in [0.25, 0.3) is 0 Å². The summed E-state index contributed by atoms with van der Waals surface area (Å²) in [7, 11) is 0. The van der Waals surface area contributed by atoms with Gasteiger partial charge in [0, 0.05) is 19.1 Å². The Hall–Kier alpha value is -2.36. The first-order valence-corrected chi connectivity index (χ1v) is 9.25. The van der Waals surface area contributed by atoms with Crippen LogP contribution >= 0.6 is 0 Å². The van der Waals surface area contributed by atoms with Crippen LogP contribution in [0.25, 0.3) is 10.8 Å². The van der Waals surface area contributed by atoms with Crippen LogP contribution in [-0.2, 0) is 16.0 Å². The van der Waals surface area contributed by atoms with Gasteiger partial charge in [0.15, 0.2) is 0 Å². The molecule has 0 bridgehead atoms. The van der Waals surface area contributed by atoms with Crippen LogP contribution in [0.1, 0.15) is 31.2 Å². The standard InChI is InChI=1S/C21H24N2O2/c24-20(13-16-7-3-6-15-5-1-2-9-19(15)16)23-12-4-8-17(14-23)21(25)22-18-10-11-18/h1-3,5-7,9,17-18H,4,8,10-14H2,(H,22,25)/t17-/m1/s1. The molecule has 4 rings (SSSR count). The van der Waals surface area contributed by atoms with E-state index >= 15 is 0 Å². The van der Waals surface area contributed by atoms with Crippen LogP contribution in [0, 0.1) is 5.92 Å². The Kier molecular flexibility index (Phi) is 4.43. The van der Waals surface area contributed by atoms with Gasteiger partial charge in [-0.3, -0.25) is 9.59 Å². The third kappa shape index (κ3) is 3.68. The topological polar surface area (TPSA) is 49.4 Å². The maximum absolute atomic E-state index is 12.8. The summed E-state index contributed by atoms with van der Waals surface area (Å²) in [6, 6.07) is 14.7. The molecule has 4 heteroatoms. The van der Waals surface area contributed by atoms with Crippen molar-refractivity contribution in [1.29, 1.82) is 0 Å². The minimum atomic E-state index is -0.0502. The normalized spacial score (nSPS) is 20.5. The lowest BCUT2D eigenvalue weighted by atomic mass is 9.96. The first-order valence-electron chi connectivity index (χ1n) is 9.25. The average molecular weight is 336 g/mol. The van der Waals surface area contributed by atoms with Gasteiger partial charge in [-0.05, 0) is 42.0 Å². The first-order chi connectivity index (χ1) is 12.2. The number of carbonyl (C=O) groups is 2. The molecule has 0 aromatic heterocycles. The summed E-state index contributed by atoms with van der Waals surface area (Å²) >= 11 is 0. The quantitative estimate of drug-likeness (QED) is 0.933. The Bertz CT molecular complexity index is 792. The summed E-state index contributed by atoms with van der Waals surface area (Å²) in [6.45, 7) is 1.32. The Morgan fingerprint density at radius 3 is 2.68 bits per heavy atom. The van der Waals surface area contributed by atoms with E-state index in [0.717, 1.165) is 48.6 Å². The zero-order valence-electron chi connectivity index (χ0n) is 14.4. The van der Waals surface area contributed by atoms with Gasteiger partial charge in [-0.25, -0.2) is 0 Å². The maximum Gasteiger partial charge on any atom is 0.227 e. The van der Waals surface area contributed by atoms with E-state index < -0.39 is 0 Å². The number of hydrogen-bond donors (Lipinski definition) is 1. The Morgan fingerprint density at radius 1 is 1.04 bits per heavy atom. The third-order valence-corrected chi connectivity index (χ3v) is 5.29. The number of benzene rings is 2. The molecular weight excluding hydrogens is 312 g/mol. The number of carbonyl (C=O) groups excluding carboxylic acids is 2. The van der Waals surface area contributed by atoms with Gasteiger partial charge in [-0.1, -0.05) is 42.5 Å². The molecule has 1 heterocycles. The molecule has 0 spiro atoms. The van der Waals surface area contributed by atoms with E-state index in [1.807, 2.05) is 29.2 Å². The summed E-state index contributed by atoms with van der Waals surface area (Å²) in [5, 5.41) is 5.38. The van der Waals surface area contributed by atoms with Crippen LogP contribution in [0.4, 0.5) is 0 Å². The number of rotatable bonds is 4. The van der Waals surface area contributed by atoms with Crippen molar-refractivity contribution in [2.24, 2.45) is 5.92 Å². The second-order valence-corrected chi connectivity index (χ2v) is 7.28. The lowest BCUT2D eigenvalue weighted by molar-refractivity contribution is -0.135. The number of nitrogens with one attached hydrogen (secondary N) is 1. The first kappa shape index (κ1) is 16.1. The average Bonchev–Trinajstić information content (AvgIpc) is 3.46. The van der Waals surface area contributed by atoms with Gasteiger partial charge in [0.2, 0.25) is 11.8 Å². The van der Waals surface area contributed by atoms with Crippen LogP contribution in [0.2, 0.25) is 0 Å². The van der Waals surface area contributed by atoms with Gasteiger partial charge in [0.1, 0.15) is 0 Å². The number of nitrogens with zero attached hydrogens (tertiary/aromatic N) is 1. The second-order valence-electron chi connectivity index (χ2n) is 7.28. The number of piperidine rings is 1. The number of hydrogen-bond acceptors (Lipinski definition) is 2. The Balaban J connectivity index is 1.44. The van der Waals surface area contributed by atoms with Crippen LogP contribution < -0.4 is 5.32 Å². The molecule has 25 heavy (non-hydrogen) atoms. The highest BCUT2D eigenvalue weighted by Gasteiger charge is 2.31. The zero-order chi connectivity index (χ0) is 17.2. The third-order valence-electron chi connectivity index (χ3n) is 5.29. The lowest BCUT2D eigenvalue weighted by Crippen LogP contribution is -2.46. The Morgan fingerprint density at radius 2 is 1.84 bits per heavy atom. The molecule has 2 aromatic rings. The van der Waals surface area contributed by atoms with Crippen molar-refractivity contribution in [2.75, 3.05) is 13.1 Å². The summed E-state index contributed by atoms with van der Waals surface area (Å²) in [5.41, 5.74) is 1.06. The van der Waals surface area contributed by atoms with E-state index in [2.05, 4.69) is 23.5 Å². The summed E-state index contributed by atoms with van der Waals surface area (Å²) in [5.74, 6) is 0.205. The molecule has 1 saturated heterocycles.